The van der Waals surface area contributed by atoms with Gasteiger partial charge in [-0.25, -0.2) is 0 Å². The van der Waals surface area contributed by atoms with Gasteiger partial charge in [-0.15, -0.1) is 0 Å². The number of ether oxygens (including phenoxy) is 1. The molecule has 22 heavy (non-hydrogen) atoms. The van der Waals surface area contributed by atoms with E-state index in [0.29, 0.717) is 5.75 Å². The Hall–Kier alpha value is -2.49. The van der Waals surface area contributed by atoms with Crippen molar-refractivity contribution in [2.45, 2.75) is 24.8 Å². The van der Waals surface area contributed by atoms with Gasteiger partial charge < -0.3 is 15.2 Å². The molecule has 0 atom stereocenters. The number of carbonyl (C=O) groups is 1. The number of carbonyl (C=O) groups excluding carboxylic acids is 1. The van der Waals surface area contributed by atoms with E-state index in [1.165, 1.54) is 13.2 Å². The minimum Gasteiger partial charge on any atom is -0.507 e. The number of hydrogen-bond donors (Lipinski definition) is 2. The van der Waals surface area contributed by atoms with Crippen molar-refractivity contribution >= 4 is 5.91 Å². The Morgan fingerprint density at radius 1 is 1.18 bits per heavy atom. The van der Waals surface area contributed by atoms with Crippen molar-refractivity contribution in [1.82, 2.24) is 5.32 Å². The molecule has 0 spiro atoms. The van der Waals surface area contributed by atoms with E-state index in [2.05, 4.69) is 5.32 Å². The van der Waals surface area contributed by atoms with Crippen LogP contribution in [0.1, 0.15) is 35.2 Å². The molecule has 114 valence electrons. The molecule has 0 heterocycles. The first-order valence-corrected chi connectivity index (χ1v) is 7.40. The molecule has 4 heteroatoms. The van der Waals surface area contributed by atoms with Crippen molar-refractivity contribution in [1.29, 1.82) is 0 Å². The lowest BCUT2D eigenvalue weighted by Crippen LogP contribution is -2.50. The fraction of sp³-hybridized carbons (Fsp3) is 0.278. The van der Waals surface area contributed by atoms with Crippen LogP contribution in [0.4, 0.5) is 0 Å². The molecule has 0 unspecified atom stereocenters. The van der Waals surface area contributed by atoms with Crippen LogP contribution in [-0.2, 0) is 5.54 Å². The van der Waals surface area contributed by atoms with Crippen molar-refractivity contribution in [2.24, 2.45) is 0 Å². The van der Waals surface area contributed by atoms with Crippen molar-refractivity contribution in [2.75, 3.05) is 7.11 Å². The predicted molar refractivity (Wildman–Crippen MR) is 84.1 cm³/mol. The molecule has 1 aliphatic carbocycles. The smallest absolute Gasteiger partial charge is 0.255 e. The predicted octanol–water partition coefficient (Wildman–Crippen LogP) is 3.21. The van der Waals surface area contributed by atoms with Gasteiger partial charge in [-0.2, -0.15) is 0 Å². The number of hydrogen-bond acceptors (Lipinski definition) is 3. The standard InChI is InChI=1S/C18H19NO3/c1-22-14-8-9-16(20)15(12-14)17(21)19-18(10-5-11-18)13-6-3-2-4-7-13/h2-4,6-9,12,20H,5,10-11H2,1H3,(H,19,21). The zero-order valence-electron chi connectivity index (χ0n) is 12.5. The average Bonchev–Trinajstić information content (AvgIpc) is 2.52. The van der Waals surface area contributed by atoms with Crippen LogP contribution in [0, 0.1) is 0 Å². The van der Waals surface area contributed by atoms with Crippen molar-refractivity contribution < 1.29 is 14.6 Å². The molecule has 2 aromatic carbocycles. The molecule has 4 nitrogen and oxygen atoms in total. The van der Waals surface area contributed by atoms with Crippen LogP contribution < -0.4 is 10.1 Å². The topological polar surface area (TPSA) is 58.6 Å². The molecular formula is C18H19NO3. The number of nitrogens with one attached hydrogen (secondary N) is 1. The SMILES string of the molecule is COc1ccc(O)c(C(=O)NC2(c3ccccc3)CCC2)c1. The van der Waals surface area contributed by atoms with Gasteiger partial charge in [0.25, 0.3) is 5.91 Å². The second-order valence-electron chi connectivity index (χ2n) is 5.64. The van der Waals surface area contributed by atoms with E-state index in [-0.39, 0.29) is 22.8 Å². The molecule has 1 saturated carbocycles. The lowest BCUT2D eigenvalue weighted by atomic mass is 9.71. The van der Waals surface area contributed by atoms with Crippen LogP contribution in [0.15, 0.2) is 48.5 Å². The van der Waals surface area contributed by atoms with E-state index in [4.69, 9.17) is 4.74 Å². The molecule has 0 bridgehead atoms. The highest BCUT2D eigenvalue weighted by Crippen LogP contribution is 2.41. The number of phenols is 1. The lowest BCUT2D eigenvalue weighted by Gasteiger charge is -2.43. The Kier molecular flexibility index (Phi) is 3.75. The maximum atomic E-state index is 12.6. The zero-order valence-corrected chi connectivity index (χ0v) is 12.5. The van der Waals surface area contributed by atoms with E-state index < -0.39 is 0 Å². The molecule has 1 fully saturated rings. The van der Waals surface area contributed by atoms with Crippen molar-refractivity contribution in [3.63, 3.8) is 0 Å². The largest absolute Gasteiger partial charge is 0.507 e. The Balaban J connectivity index is 1.87. The first-order chi connectivity index (χ1) is 10.6. The van der Waals surface area contributed by atoms with E-state index in [0.717, 1.165) is 24.8 Å². The molecule has 3 rings (SSSR count). The molecule has 2 N–H and O–H groups in total. The highest BCUT2D eigenvalue weighted by molar-refractivity contribution is 5.97. The minimum atomic E-state index is -0.326. The quantitative estimate of drug-likeness (QED) is 0.911. The van der Waals surface area contributed by atoms with Crippen LogP contribution in [0.3, 0.4) is 0 Å². The van der Waals surface area contributed by atoms with Gasteiger partial charge in [-0.3, -0.25) is 4.79 Å². The highest BCUT2D eigenvalue weighted by Gasteiger charge is 2.40. The third kappa shape index (κ3) is 2.52. The fourth-order valence-electron chi connectivity index (χ4n) is 2.88. The summed E-state index contributed by atoms with van der Waals surface area (Å²) in [5.74, 6) is 0.228. The molecular weight excluding hydrogens is 278 g/mol. The summed E-state index contributed by atoms with van der Waals surface area (Å²) in [6.07, 6.45) is 2.90. The first-order valence-electron chi connectivity index (χ1n) is 7.40. The molecule has 1 aliphatic rings. The number of aromatic hydroxyl groups is 1. The summed E-state index contributed by atoms with van der Waals surface area (Å²) >= 11 is 0. The average molecular weight is 297 g/mol. The Labute approximate surface area is 129 Å². The van der Waals surface area contributed by atoms with Gasteiger partial charge in [0.1, 0.15) is 11.5 Å². The minimum absolute atomic E-state index is 0.0409. The number of methoxy groups -OCH3 is 1. The van der Waals surface area contributed by atoms with E-state index in [9.17, 15) is 9.90 Å². The van der Waals surface area contributed by atoms with Crippen LogP contribution in [0.25, 0.3) is 0 Å². The van der Waals surface area contributed by atoms with E-state index in [1.807, 2.05) is 30.3 Å². The number of phenolic OH excluding ortho intramolecular Hbond substituents is 1. The summed E-state index contributed by atoms with van der Waals surface area (Å²) in [5.41, 5.74) is 1.02. The lowest BCUT2D eigenvalue weighted by molar-refractivity contribution is 0.0820. The van der Waals surface area contributed by atoms with Crippen LogP contribution in [-0.4, -0.2) is 18.1 Å². The van der Waals surface area contributed by atoms with Crippen LogP contribution >= 0.6 is 0 Å². The second-order valence-corrected chi connectivity index (χ2v) is 5.64. The monoisotopic (exact) mass is 297 g/mol. The van der Waals surface area contributed by atoms with Gasteiger partial charge in [0, 0.05) is 0 Å². The van der Waals surface area contributed by atoms with Gasteiger partial charge >= 0.3 is 0 Å². The van der Waals surface area contributed by atoms with Crippen molar-refractivity contribution in [3.05, 3.63) is 59.7 Å². The van der Waals surface area contributed by atoms with Crippen LogP contribution in [0.5, 0.6) is 11.5 Å². The molecule has 0 aliphatic heterocycles. The van der Waals surface area contributed by atoms with E-state index in [1.54, 1.807) is 12.1 Å². The molecule has 0 aromatic heterocycles. The summed E-state index contributed by atoms with van der Waals surface area (Å²) in [4.78, 5) is 12.6. The van der Waals surface area contributed by atoms with Gasteiger partial charge in [0.2, 0.25) is 0 Å². The number of benzene rings is 2. The maximum Gasteiger partial charge on any atom is 0.255 e. The van der Waals surface area contributed by atoms with Gasteiger partial charge in [0.05, 0.1) is 18.2 Å². The molecule has 0 radical (unpaired) electrons. The van der Waals surface area contributed by atoms with Crippen LogP contribution in [0.2, 0.25) is 0 Å². The summed E-state index contributed by atoms with van der Waals surface area (Å²) in [5, 5.41) is 13.0. The number of amides is 1. The van der Waals surface area contributed by atoms with Gasteiger partial charge in [-0.05, 0) is 43.0 Å². The Bertz CT molecular complexity index is 678. The Morgan fingerprint density at radius 2 is 1.91 bits per heavy atom. The van der Waals surface area contributed by atoms with Gasteiger partial charge in [-0.1, -0.05) is 30.3 Å². The first kappa shape index (κ1) is 14.4. The van der Waals surface area contributed by atoms with Gasteiger partial charge in [0.15, 0.2) is 0 Å². The van der Waals surface area contributed by atoms with Crippen molar-refractivity contribution in [3.8, 4) is 11.5 Å². The Morgan fingerprint density at radius 3 is 2.50 bits per heavy atom. The molecule has 2 aromatic rings. The summed E-state index contributed by atoms with van der Waals surface area (Å²) in [6, 6.07) is 14.6. The highest BCUT2D eigenvalue weighted by atomic mass is 16.5. The third-order valence-electron chi connectivity index (χ3n) is 4.33. The summed E-state index contributed by atoms with van der Waals surface area (Å²) in [6.45, 7) is 0. The fourth-order valence-corrected chi connectivity index (χ4v) is 2.88. The van der Waals surface area contributed by atoms with E-state index >= 15 is 0 Å². The second kappa shape index (κ2) is 5.72. The zero-order chi connectivity index (χ0) is 15.6. The summed E-state index contributed by atoms with van der Waals surface area (Å²) < 4.78 is 5.12. The normalized spacial score (nSPS) is 15.7. The summed E-state index contributed by atoms with van der Waals surface area (Å²) in [7, 11) is 1.53. The maximum absolute atomic E-state index is 12.6. The third-order valence-corrected chi connectivity index (χ3v) is 4.33. The molecule has 1 amide bonds. The number of rotatable bonds is 4. The molecule has 0 saturated heterocycles.